The number of hydrogen-bond donors (Lipinski definition) is 1. The Balaban J connectivity index is 1.91. The molecule has 0 radical (unpaired) electrons. The van der Waals surface area contributed by atoms with E-state index in [4.69, 9.17) is 4.84 Å². The summed E-state index contributed by atoms with van der Waals surface area (Å²) in [7, 11) is 1.57. The third-order valence-corrected chi connectivity index (χ3v) is 2.82. The molecule has 88 valence electrons. The van der Waals surface area contributed by atoms with Crippen molar-refractivity contribution in [3.8, 4) is 0 Å². The molecule has 5 nitrogen and oxygen atoms in total. The van der Waals surface area contributed by atoms with Crippen LogP contribution >= 0.6 is 0 Å². The minimum absolute atomic E-state index is 0.395. The van der Waals surface area contributed by atoms with Gasteiger partial charge in [0.05, 0.1) is 6.54 Å². The number of carbonyl (C=O) groups excluding carboxylic acids is 1. The Morgan fingerprint density at radius 2 is 2.19 bits per heavy atom. The second-order valence-electron chi connectivity index (χ2n) is 3.94. The molecular formula is C11H17N3O2. The molecule has 1 unspecified atom stereocenters. The standard InChI is InChI=1S/C11H17N3O2/c1-12-11(15)16-14-8-4-5-10(9-14)13-6-2-3-7-13/h2-3,6-7,10H,4-5,8-9H2,1H3,(H,12,15). The van der Waals surface area contributed by atoms with Crippen molar-refractivity contribution in [2.24, 2.45) is 0 Å². The SMILES string of the molecule is CNC(=O)ON1CCCC(n2cccc2)C1. The maximum atomic E-state index is 11.1. The summed E-state index contributed by atoms with van der Waals surface area (Å²) >= 11 is 0. The lowest BCUT2D eigenvalue weighted by Crippen LogP contribution is -2.39. The van der Waals surface area contributed by atoms with Crippen LogP contribution in [-0.2, 0) is 4.84 Å². The molecule has 0 aromatic carbocycles. The third-order valence-electron chi connectivity index (χ3n) is 2.82. The van der Waals surface area contributed by atoms with E-state index in [1.54, 1.807) is 12.1 Å². The van der Waals surface area contributed by atoms with Gasteiger partial charge in [-0.05, 0) is 25.0 Å². The molecular weight excluding hydrogens is 206 g/mol. The number of nitrogens with one attached hydrogen (secondary N) is 1. The van der Waals surface area contributed by atoms with Gasteiger partial charge in [0.1, 0.15) is 0 Å². The molecule has 1 amide bonds. The molecule has 1 aromatic rings. The van der Waals surface area contributed by atoms with Gasteiger partial charge in [0.15, 0.2) is 0 Å². The Morgan fingerprint density at radius 3 is 2.88 bits per heavy atom. The average molecular weight is 223 g/mol. The summed E-state index contributed by atoms with van der Waals surface area (Å²) in [6.45, 7) is 1.56. The predicted octanol–water partition coefficient (Wildman–Crippen LogP) is 1.40. The average Bonchev–Trinajstić information content (AvgIpc) is 2.83. The molecule has 0 aliphatic carbocycles. The van der Waals surface area contributed by atoms with Crippen LogP contribution in [0.4, 0.5) is 4.79 Å². The molecule has 1 aliphatic heterocycles. The Morgan fingerprint density at radius 1 is 1.44 bits per heavy atom. The molecule has 1 atom stereocenters. The van der Waals surface area contributed by atoms with Crippen LogP contribution in [0.3, 0.4) is 0 Å². The van der Waals surface area contributed by atoms with Crippen molar-refractivity contribution in [3.63, 3.8) is 0 Å². The molecule has 1 aliphatic rings. The zero-order chi connectivity index (χ0) is 11.4. The Kier molecular flexibility index (Phi) is 3.46. The number of hydrogen-bond acceptors (Lipinski definition) is 3. The number of hydroxylamine groups is 2. The Bertz CT molecular complexity index is 337. The van der Waals surface area contributed by atoms with E-state index in [-0.39, 0.29) is 0 Å². The van der Waals surface area contributed by atoms with Crippen LogP contribution in [0.2, 0.25) is 0 Å². The minimum Gasteiger partial charge on any atom is -0.351 e. The molecule has 5 heteroatoms. The van der Waals surface area contributed by atoms with Gasteiger partial charge in [0, 0.05) is 32.0 Å². The minimum atomic E-state index is -0.395. The fourth-order valence-corrected chi connectivity index (χ4v) is 2.00. The third kappa shape index (κ3) is 2.55. The lowest BCUT2D eigenvalue weighted by atomic mass is 10.1. The van der Waals surface area contributed by atoms with Crippen LogP contribution in [0, 0.1) is 0 Å². The summed E-state index contributed by atoms with van der Waals surface area (Å²) in [5, 5.41) is 4.18. The molecule has 1 N–H and O–H groups in total. The zero-order valence-corrected chi connectivity index (χ0v) is 9.43. The van der Waals surface area contributed by atoms with E-state index in [0.29, 0.717) is 6.04 Å². The smallest absolute Gasteiger partial charge is 0.351 e. The van der Waals surface area contributed by atoms with Crippen molar-refractivity contribution < 1.29 is 9.63 Å². The first kappa shape index (κ1) is 11.0. The number of amides is 1. The molecule has 1 saturated heterocycles. The Labute approximate surface area is 94.9 Å². The highest BCUT2D eigenvalue weighted by molar-refractivity contribution is 5.66. The summed E-state index contributed by atoms with van der Waals surface area (Å²) in [6, 6.07) is 4.42. The van der Waals surface area contributed by atoms with Crippen LogP contribution in [0.25, 0.3) is 0 Å². The first-order valence-corrected chi connectivity index (χ1v) is 5.56. The van der Waals surface area contributed by atoms with Gasteiger partial charge >= 0.3 is 6.09 Å². The first-order chi connectivity index (χ1) is 7.79. The van der Waals surface area contributed by atoms with Crippen LogP contribution < -0.4 is 5.32 Å². The van der Waals surface area contributed by atoms with E-state index in [9.17, 15) is 4.79 Å². The molecule has 1 fully saturated rings. The summed E-state index contributed by atoms with van der Waals surface area (Å²) in [6.07, 6.45) is 5.87. The van der Waals surface area contributed by atoms with Crippen molar-refractivity contribution in [1.29, 1.82) is 0 Å². The lowest BCUT2D eigenvalue weighted by molar-refractivity contribution is -0.120. The summed E-state index contributed by atoms with van der Waals surface area (Å²) in [5.41, 5.74) is 0. The van der Waals surface area contributed by atoms with Gasteiger partial charge in [-0.25, -0.2) is 4.79 Å². The van der Waals surface area contributed by atoms with Crippen LogP contribution in [-0.4, -0.2) is 35.9 Å². The molecule has 1 aromatic heterocycles. The predicted molar refractivity (Wildman–Crippen MR) is 59.8 cm³/mol. The van der Waals surface area contributed by atoms with E-state index in [2.05, 4.69) is 9.88 Å². The lowest BCUT2D eigenvalue weighted by Gasteiger charge is -2.31. The van der Waals surface area contributed by atoms with Crippen molar-refractivity contribution in [3.05, 3.63) is 24.5 Å². The van der Waals surface area contributed by atoms with Crippen LogP contribution in [0.5, 0.6) is 0 Å². The highest BCUT2D eigenvalue weighted by Gasteiger charge is 2.23. The summed E-state index contributed by atoms with van der Waals surface area (Å²) in [5.74, 6) is 0. The molecule has 0 saturated carbocycles. The van der Waals surface area contributed by atoms with E-state index >= 15 is 0 Å². The van der Waals surface area contributed by atoms with Crippen LogP contribution in [0.1, 0.15) is 18.9 Å². The van der Waals surface area contributed by atoms with Gasteiger partial charge in [-0.15, -0.1) is 5.06 Å². The van der Waals surface area contributed by atoms with Crippen molar-refractivity contribution >= 4 is 6.09 Å². The summed E-state index contributed by atoms with van der Waals surface area (Å²) < 4.78 is 2.17. The van der Waals surface area contributed by atoms with Gasteiger partial charge in [-0.2, -0.15) is 0 Å². The first-order valence-electron chi connectivity index (χ1n) is 5.56. The highest BCUT2D eigenvalue weighted by atomic mass is 16.7. The summed E-state index contributed by atoms with van der Waals surface area (Å²) in [4.78, 5) is 16.2. The van der Waals surface area contributed by atoms with Gasteiger partial charge in [-0.1, -0.05) is 0 Å². The Hall–Kier alpha value is -1.49. The van der Waals surface area contributed by atoms with Crippen molar-refractivity contribution in [1.82, 2.24) is 14.9 Å². The molecule has 2 rings (SSSR count). The number of carbonyl (C=O) groups is 1. The topological polar surface area (TPSA) is 46.5 Å². The van der Waals surface area contributed by atoms with Crippen molar-refractivity contribution in [2.75, 3.05) is 20.1 Å². The normalized spacial score (nSPS) is 21.7. The van der Waals surface area contributed by atoms with E-state index in [0.717, 1.165) is 25.9 Å². The van der Waals surface area contributed by atoms with E-state index in [1.807, 2.05) is 24.5 Å². The second-order valence-corrected chi connectivity index (χ2v) is 3.94. The molecule has 2 heterocycles. The molecule has 16 heavy (non-hydrogen) atoms. The quantitative estimate of drug-likeness (QED) is 0.824. The monoisotopic (exact) mass is 223 g/mol. The zero-order valence-electron chi connectivity index (χ0n) is 9.43. The fourth-order valence-electron chi connectivity index (χ4n) is 2.00. The van der Waals surface area contributed by atoms with E-state index < -0.39 is 6.09 Å². The van der Waals surface area contributed by atoms with Gasteiger partial charge < -0.3 is 14.7 Å². The molecule has 0 spiro atoms. The highest BCUT2D eigenvalue weighted by Crippen LogP contribution is 2.21. The number of piperidine rings is 1. The largest absolute Gasteiger partial charge is 0.426 e. The van der Waals surface area contributed by atoms with Gasteiger partial charge in [-0.3, -0.25) is 0 Å². The maximum absolute atomic E-state index is 11.1. The maximum Gasteiger partial charge on any atom is 0.426 e. The van der Waals surface area contributed by atoms with Crippen LogP contribution in [0.15, 0.2) is 24.5 Å². The number of rotatable bonds is 2. The van der Waals surface area contributed by atoms with Gasteiger partial charge in [0.25, 0.3) is 0 Å². The number of aromatic nitrogens is 1. The van der Waals surface area contributed by atoms with E-state index in [1.165, 1.54) is 0 Å². The number of nitrogens with zero attached hydrogens (tertiary/aromatic N) is 2. The second kappa shape index (κ2) is 5.03. The molecule has 0 bridgehead atoms. The van der Waals surface area contributed by atoms with Crippen molar-refractivity contribution in [2.45, 2.75) is 18.9 Å². The fraction of sp³-hybridized carbons (Fsp3) is 0.545. The van der Waals surface area contributed by atoms with Gasteiger partial charge in [0.2, 0.25) is 0 Å².